The van der Waals surface area contributed by atoms with Gasteiger partial charge >= 0.3 is 5.97 Å². The maximum absolute atomic E-state index is 11.1. The molecule has 1 aromatic rings. The molecule has 0 fully saturated rings. The number of phenolic OH excluding ortho intramolecular Hbond substituents is 1. The second-order valence-corrected chi connectivity index (χ2v) is 2.98. The van der Waals surface area contributed by atoms with E-state index in [2.05, 4.69) is 17.4 Å². The minimum Gasteiger partial charge on any atom is -0.505 e. The molecular formula is C9H7NO3S. The molecule has 0 aliphatic heterocycles. The fourth-order valence-corrected chi connectivity index (χ4v) is 1.20. The van der Waals surface area contributed by atoms with E-state index in [-0.39, 0.29) is 21.8 Å². The third-order valence-electron chi connectivity index (χ3n) is 1.63. The number of esters is 1. The second-order valence-electron chi connectivity index (χ2n) is 2.49. The molecule has 4 nitrogen and oxygen atoms in total. The Morgan fingerprint density at radius 1 is 1.64 bits per heavy atom. The van der Waals surface area contributed by atoms with Crippen LogP contribution in [0.1, 0.15) is 15.9 Å². The van der Waals surface area contributed by atoms with Gasteiger partial charge in [0.2, 0.25) is 0 Å². The summed E-state index contributed by atoms with van der Waals surface area (Å²) < 4.78 is 4.47. The van der Waals surface area contributed by atoms with Crippen LogP contribution in [0.4, 0.5) is 0 Å². The van der Waals surface area contributed by atoms with Crippen LogP contribution in [0.2, 0.25) is 0 Å². The number of carbonyl (C=O) groups is 1. The van der Waals surface area contributed by atoms with Gasteiger partial charge in [-0.1, -0.05) is 0 Å². The largest absolute Gasteiger partial charge is 0.505 e. The third-order valence-corrected chi connectivity index (χ3v) is 1.97. The number of hydrogen-bond donors (Lipinski definition) is 2. The van der Waals surface area contributed by atoms with Crippen LogP contribution in [0.5, 0.6) is 5.75 Å². The summed E-state index contributed by atoms with van der Waals surface area (Å²) in [7, 11) is 1.24. The van der Waals surface area contributed by atoms with Crippen LogP contribution in [0.3, 0.4) is 0 Å². The highest BCUT2D eigenvalue weighted by atomic mass is 32.1. The molecule has 0 atom stereocenters. The van der Waals surface area contributed by atoms with E-state index in [0.717, 1.165) is 0 Å². The molecule has 1 N–H and O–H groups in total. The van der Waals surface area contributed by atoms with Crippen LogP contribution >= 0.6 is 12.6 Å². The van der Waals surface area contributed by atoms with E-state index in [4.69, 9.17) is 5.26 Å². The van der Waals surface area contributed by atoms with Gasteiger partial charge in [0, 0.05) is 4.90 Å². The summed E-state index contributed by atoms with van der Waals surface area (Å²) in [5, 5.41) is 18.0. The number of hydrogen-bond acceptors (Lipinski definition) is 5. The molecule has 0 saturated carbocycles. The molecule has 0 amide bonds. The molecule has 72 valence electrons. The second kappa shape index (κ2) is 4.03. The lowest BCUT2D eigenvalue weighted by Gasteiger charge is -2.03. The Morgan fingerprint density at radius 2 is 2.29 bits per heavy atom. The standard InChI is InChI=1S/C9H7NO3S/c1-13-9(12)5-2-6(4-10)8(11)7(14)3-5/h2-3,11,14H,1H3. The fraction of sp³-hybridized carbons (Fsp3) is 0.111. The summed E-state index contributed by atoms with van der Waals surface area (Å²) in [4.78, 5) is 11.3. The van der Waals surface area contributed by atoms with Gasteiger partial charge in [0.15, 0.2) is 0 Å². The Kier molecular flexibility index (Phi) is 2.99. The van der Waals surface area contributed by atoms with Crippen molar-refractivity contribution in [2.24, 2.45) is 0 Å². The Bertz CT molecular complexity index is 423. The Labute approximate surface area is 86.1 Å². The highest BCUT2D eigenvalue weighted by Gasteiger charge is 2.12. The number of nitrogens with zero attached hydrogens (tertiary/aromatic N) is 1. The van der Waals surface area contributed by atoms with Crippen molar-refractivity contribution in [2.75, 3.05) is 7.11 Å². The first kappa shape index (κ1) is 10.4. The van der Waals surface area contributed by atoms with Crippen molar-refractivity contribution in [3.05, 3.63) is 23.3 Å². The Hall–Kier alpha value is -1.67. The van der Waals surface area contributed by atoms with Gasteiger partial charge < -0.3 is 9.84 Å². The summed E-state index contributed by atoms with van der Waals surface area (Å²) in [6.07, 6.45) is 0. The number of rotatable bonds is 1. The number of carbonyl (C=O) groups excluding carboxylic acids is 1. The first-order chi connectivity index (χ1) is 6.60. The lowest BCUT2D eigenvalue weighted by molar-refractivity contribution is 0.0600. The maximum Gasteiger partial charge on any atom is 0.337 e. The van der Waals surface area contributed by atoms with Crippen LogP contribution in [0, 0.1) is 11.3 Å². The quantitative estimate of drug-likeness (QED) is 0.541. The topological polar surface area (TPSA) is 70.3 Å². The molecule has 0 radical (unpaired) electrons. The van der Waals surface area contributed by atoms with E-state index in [1.54, 1.807) is 6.07 Å². The molecule has 1 rings (SSSR count). The van der Waals surface area contributed by atoms with Crippen molar-refractivity contribution >= 4 is 18.6 Å². The van der Waals surface area contributed by atoms with Crippen LogP contribution in [0.25, 0.3) is 0 Å². The molecule has 0 aromatic heterocycles. The fourth-order valence-electron chi connectivity index (χ4n) is 0.940. The first-order valence-corrected chi connectivity index (χ1v) is 4.09. The number of methoxy groups -OCH3 is 1. The number of thiol groups is 1. The average Bonchev–Trinajstić information content (AvgIpc) is 2.20. The number of benzene rings is 1. The van der Waals surface area contributed by atoms with Gasteiger partial charge in [-0.25, -0.2) is 4.79 Å². The van der Waals surface area contributed by atoms with Gasteiger partial charge in [-0.2, -0.15) is 5.26 Å². The van der Waals surface area contributed by atoms with Crippen molar-refractivity contribution in [2.45, 2.75) is 4.90 Å². The molecule has 0 saturated heterocycles. The lowest BCUT2D eigenvalue weighted by Crippen LogP contribution is -2.01. The number of phenols is 1. The summed E-state index contributed by atoms with van der Waals surface area (Å²) in [5.41, 5.74) is 0.185. The van der Waals surface area contributed by atoms with Gasteiger partial charge in [0.1, 0.15) is 11.8 Å². The molecule has 0 spiro atoms. The maximum atomic E-state index is 11.1. The predicted molar refractivity (Wildman–Crippen MR) is 51.4 cm³/mol. The van der Waals surface area contributed by atoms with Crippen LogP contribution < -0.4 is 0 Å². The summed E-state index contributed by atoms with van der Waals surface area (Å²) in [5.74, 6) is -0.805. The molecule has 5 heteroatoms. The van der Waals surface area contributed by atoms with E-state index in [9.17, 15) is 9.90 Å². The van der Waals surface area contributed by atoms with E-state index >= 15 is 0 Å². The molecule has 14 heavy (non-hydrogen) atoms. The number of ether oxygens (including phenoxy) is 1. The Morgan fingerprint density at radius 3 is 2.79 bits per heavy atom. The van der Waals surface area contributed by atoms with E-state index in [1.807, 2.05) is 0 Å². The third kappa shape index (κ3) is 1.80. The van der Waals surface area contributed by atoms with Gasteiger partial charge in [-0.05, 0) is 12.1 Å². The van der Waals surface area contributed by atoms with Crippen LogP contribution in [-0.4, -0.2) is 18.2 Å². The van der Waals surface area contributed by atoms with E-state index in [1.165, 1.54) is 19.2 Å². The first-order valence-electron chi connectivity index (χ1n) is 3.64. The van der Waals surface area contributed by atoms with Crippen LogP contribution in [0.15, 0.2) is 17.0 Å². The average molecular weight is 209 g/mol. The molecule has 0 bridgehead atoms. The zero-order valence-electron chi connectivity index (χ0n) is 7.31. The summed E-state index contributed by atoms with van der Waals surface area (Å²) in [6, 6.07) is 4.34. The van der Waals surface area contributed by atoms with E-state index in [0.29, 0.717) is 0 Å². The smallest absolute Gasteiger partial charge is 0.337 e. The summed E-state index contributed by atoms with van der Waals surface area (Å²) in [6.45, 7) is 0. The highest BCUT2D eigenvalue weighted by molar-refractivity contribution is 7.80. The van der Waals surface area contributed by atoms with Crippen molar-refractivity contribution in [1.82, 2.24) is 0 Å². The highest BCUT2D eigenvalue weighted by Crippen LogP contribution is 2.27. The lowest BCUT2D eigenvalue weighted by atomic mass is 10.1. The zero-order valence-corrected chi connectivity index (χ0v) is 8.21. The molecule has 0 aliphatic carbocycles. The Balaban J connectivity index is 3.32. The molecule has 0 unspecified atom stereocenters. The van der Waals surface area contributed by atoms with Gasteiger partial charge in [-0.15, -0.1) is 12.6 Å². The molecular weight excluding hydrogens is 202 g/mol. The van der Waals surface area contributed by atoms with Gasteiger partial charge in [0.25, 0.3) is 0 Å². The normalized spacial score (nSPS) is 9.21. The number of aromatic hydroxyl groups is 1. The molecule has 1 aromatic carbocycles. The minimum atomic E-state index is -0.572. The minimum absolute atomic E-state index is 0.00194. The molecule has 0 aliphatic rings. The molecule has 0 heterocycles. The zero-order chi connectivity index (χ0) is 10.7. The van der Waals surface area contributed by atoms with Crippen LogP contribution in [-0.2, 0) is 4.74 Å². The van der Waals surface area contributed by atoms with Crippen molar-refractivity contribution < 1.29 is 14.6 Å². The summed E-state index contributed by atoms with van der Waals surface area (Å²) >= 11 is 3.92. The SMILES string of the molecule is COC(=O)c1cc(S)c(O)c(C#N)c1. The predicted octanol–water partition coefficient (Wildman–Crippen LogP) is 1.34. The van der Waals surface area contributed by atoms with Crippen molar-refractivity contribution in [1.29, 1.82) is 5.26 Å². The van der Waals surface area contributed by atoms with E-state index < -0.39 is 5.97 Å². The van der Waals surface area contributed by atoms with Gasteiger partial charge in [-0.3, -0.25) is 0 Å². The monoisotopic (exact) mass is 209 g/mol. The van der Waals surface area contributed by atoms with Crippen molar-refractivity contribution in [3.8, 4) is 11.8 Å². The van der Waals surface area contributed by atoms with Gasteiger partial charge in [0.05, 0.1) is 18.2 Å². The van der Waals surface area contributed by atoms with Crippen molar-refractivity contribution in [3.63, 3.8) is 0 Å². The number of nitriles is 1.